The lowest BCUT2D eigenvalue weighted by Gasteiger charge is -2.29. The number of carbonyl (C=O) groups is 2. The Morgan fingerprint density at radius 2 is 1.76 bits per heavy atom. The molecular formula is C19H18N4O2. The predicted molar refractivity (Wildman–Crippen MR) is 93.3 cm³/mol. The largest absolute Gasteiger partial charge is 0.340 e. The van der Waals surface area contributed by atoms with Crippen LogP contribution in [-0.2, 0) is 4.79 Å². The van der Waals surface area contributed by atoms with Gasteiger partial charge in [0.25, 0.3) is 5.91 Å². The first-order chi connectivity index (χ1) is 12.1. The van der Waals surface area contributed by atoms with Crippen molar-refractivity contribution in [3.8, 4) is 6.07 Å². The van der Waals surface area contributed by atoms with Crippen molar-refractivity contribution in [1.29, 1.82) is 5.26 Å². The molecule has 126 valence electrons. The molecule has 2 fully saturated rings. The molecule has 0 aromatic heterocycles. The number of nitrogens with one attached hydrogen (secondary N) is 1. The molecular weight excluding hydrogens is 316 g/mol. The summed E-state index contributed by atoms with van der Waals surface area (Å²) in [5.74, 6) is -0.249. The SMILES string of the molecule is N#CC1(C(=O)N2CCCN2C(=O)Nc2cccc3ccccc23)CC1. The third kappa shape index (κ3) is 2.58. The van der Waals surface area contributed by atoms with Crippen molar-refractivity contribution in [3.05, 3.63) is 42.5 Å². The fourth-order valence-electron chi connectivity index (χ4n) is 3.29. The maximum atomic E-state index is 12.7. The summed E-state index contributed by atoms with van der Waals surface area (Å²) in [7, 11) is 0. The Morgan fingerprint density at radius 1 is 1.04 bits per heavy atom. The number of nitrogens with zero attached hydrogens (tertiary/aromatic N) is 3. The second-order valence-corrected chi connectivity index (χ2v) is 6.56. The fourth-order valence-corrected chi connectivity index (χ4v) is 3.29. The van der Waals surface area contributed by atoms with Crippen molar-refractivity contribution in [2.45, 2.75) is 19.3 Å². The molecule has 1 aliphatic heterocycles. The summed E-state index contributed by atoms with van der Waals surface area (Å²) >= 11 is 0. The van der Waals surface area contributed by atoms with Crippen LogP contribution in [0.1, 0.15) is 19.3 Å². The minimum atomic E-state index is -0.914. The van der Waals surface area contributed by atoms with E-state index in [0.717, 1.165) is 17.2 Å². The normalized spacial score (nSPS) is 18.0. The molecule has 1 saturated heterocycles. The highest BCUT2D eigenvalue weighted by Crippen LogP contribution is 2.47. The minimum Gasteiger partial charge on any atom is -0.306 e. The molecule has 1 N–H and O–H groups in total. The molecule has 3 amide bonds. The molecule has 6 heteroatoms. The van der Waals surface area contributed by atoms with E-state index in [9.17, 15) is 14.9 Å². The van der Waals surface area contributed by atoms with Gasteiger partial charge in [0.05, 0.1) is 11.8 Å². The predicted octanol–water partition coefficient (Wildman–Crippen LogP) is 3.12. The van der Waals surface area contributed by atoms with Crippen molar-refractivity contribution in [2.24, 2.45) is 5.41 Å². The Kier molecular flexibility index (Phi) is 3.57. The molecule has 1 aliphatic carbocycles. The molecule has 0 unspecified atom stereocenters. The van der Waals surface area contributed by atoms with Gasteiger partial charge in [-0.15, -0.1) is 0 Å². The Bertz CT molecular complexity index is 892. The summed E-state index contributed by atoms with van der Waals surface area (Å²) in [5.41, 5.74) is -0.203. The van der Waals surface area contributed by atoms with Gasteiger partial charge >= 0.3 is 6.03 Å². The van der Waals surface area contributed by atoms with E-state index in [4.69, 9.17) is 0 Å². The highest BCUT2D eigenvalue weighted by atomic mass is 16.2. The van der Waals surface area contributed by atoms with Gasteiger partial charge in [0.15, 0.2) is 0 Å². The van der Waals surface area contributed by atoms with Gasteiger partial charge in [0.1, 0.15) is 5.41 Å². The van der Waals surface area contributed by atoms with E-state index in [2.05, 4.69) is 11.4 Å². The first-order valence-corrected chi connectivity index (χ1v) is 8.44. The van der Waals surface area contributed by atoms with Gasteiger partial charge in [-0.3, -0.25) is 4.79 Å². The van der Waals surface area contributed by atoms with Crippen LogP contribution in [0.2, 0.25) is 0 Å². The van der Waals surface area contributed by atoms with Gasteiger partial charge in [0.2, 0.25) is 0 Å². The lowest BCUT2D eigenvalue weighted by Crippen LogP contribution is -2.49. The molecule has 25 heavy (non-hydrogen) atoms. The number of urea groups is 1. The average molecular weight is 334 g/mol. The standard InChI is InChI=1S/C19H18N4O2/c20-13-19(9-10-19)17(24)22-11-4-12-23(22)18(25)21-16-8-3-6-14-5-1-2-7-15(14)16/h1-3,5-8H,4,9-12H2,(H,21,25). The maximum Gasteiger partial charge on any atom is 0.340 e. The number of rotatable bonds is 2. The van der Waals surface area contributed by atoms with Crippen LogP contribution in [0.3, 0.4) is 0 Å². The minimum absolute atomic E-state index is 0.249. The molecule has 1 heterocycles. The van der Waals surface area contributed by atoms with Crippen molar-refractivity contribution in [2.75, 3.05) is 18.4 Å². The zero-order chi connectivity index (χ0) is 17.4. The Balaban J connectivity index is 1.56. The zero-order valence-corrected chi connectivity index (χ0v) is 13.7. The van der Waals surface area contributed by atoms with Gasteiger partial charge in [-0.2, -0.15) is 5.26 Å². The van der Waals surface area contributed by atoms with Gasteiger partial charge in [-0.05, 0) is 30.7 Å². The zero-order valence-electron chi connectivity index (χ0n) is 13.7. The molecule has 2 aliphatic rings. The van der Waals surface area contributed by atoms with Gasteiger partial charge < -0.3 is 5.32 Å². The molecule has 0 bridgehead atoms. The van der Waals surface area contributed by atoms with Gasteiger partial charge in [0, 0.05) is 18.5 Å². The molecule has 1 saturated carbocycles. The number of anilines is 1. The number of carbonyl (C=O) groups excluding carboxylic acids is 2. The quantitative estimate of drug-likeness (QED) is 0.916. The molecule has 2 aromatic rings. The third-order valence-electron chi connectivity index (χ3n) is 4.90. The summed E-state index contributed by atoms with van der Waals surface area (Å²) in [6, 6.07) is 15.3. The summed E-state index contributed by atoms with van der Waals surface area (Å²) in [4.78, 5) is 25.4. The molecule has 0 atom stereocenters. The summed E-state index contributed by atoms with van der Waals surface area (Å²) in [6.45, 7) is 0.953. The Labute approximate surface area is 145 Å². The van der Waals surface area contributed by atoms with E-state index in [-0.39, 0.29) is 11.9 Å². The molecule has 2 aromatic carbocycles. The number of nitriles is 1. The van der Waals surface area contributed by atoms with Crippen LogP contribution in [-0.4, -0.2) is 35.0 Å². The van der Waals surface area contributed by atoms with Crippen LogP contribution in [0.15, 0.2) is 42.5 Å². The van der Waals surface area contributed by atoms with Crippen LogP contribution in [0.5, 0.6) is 0 Å². The summed E-state index contributed by atoms with van der Waals surface area (Å²) in [6.07, 6.45) is 1.88. The third-order valence-corrected chi connectivity index (χ3v) is 4.90. The van der Waals surface area contributed by atoms with E-state index < -0.39 is 5.41 Å². The topological polar surface area (TPSA) is 76.4 Å². The Hall–Kier alpha value is -3.07. The van der Waals surface area contributed by atoms with E-state index in [0.29, 0.717) is 31.6 Å². The van der Waals surface area contributed by atoms with E-state index in [1.807, 2.05) is 42.5 Å². The summed E-state index contributed by atoms with van der Waals surface area (Å²) < 4.78 is 0. The number of fused-ring (bicyclic) bond motifs is 1. The van der Waals surface area contributed by atoms with E-state index in [1.165, 1.54) is 10.0 Å². The fraction of sp³-hybridized carbons (Fsp3) is 0.316. The summed E-state index contributed by atoms with van der Waals surface area (Å²) in [5, 5.41) is 17.0. The molecule has 0 radical (unpaired) electrons. The van der Waals surface area contributed by atoms with Crippen molar-refractivity contribution in [1.82, 2.24) is 10.0 Å². The average Bonchev–Trinajstić information content (AvgIpc) is 3.29. The first kappa shape index (κ1) is 15.5. The van der Waals surface area contributed by atoms with Crippen LogP contribution in [0, 0.1) is 16.7 Å². The second-order valence-electron chi connectivity index (χ2n) is 6.56. The highest BCUT2D eigenvalue weighted by Gasteiger charge is 2.54. The second kappa shape index (κ2) is 5.78. The number of hydrogen-bond donors (Lipinski definition) is 1. The van der Waals surface area contributed by atoms with Crippen LogP contribution in [0.4, 0.5) is 10.5 Å². The maximum absolute atomic E-state index is 12.7. The lowest BCUT2D eigenvalue weighted by molar-refractivity contribution is -0.143. The Morgan fingerprint density at radius 3 is 2.52 bits per heavy atom. The van der Waals surface area contributed by atoms with Crippen molar-refractivity contribution < 1.29 is 9.59 Å². The van der Waals surface area contributed by atoms with Crippen LogP contribution < -0.4 is 5.32 Å². The van der Waals surface area contributed by atoms with Crippen LogP contribution >= 0.6 is 0 Å². The number of hydrazine groups is 1. The van der Waals surface area contributed by atoms with E-state index >= 15 is 0 Å². The molecule has 6 nitrogen and oxygen atoms in total. The smallest absolute Gasteiger partial charge is 0.306 e. The van der Waals surface area contributed by atoms with E-state index in [1.54, 1.807) is 0 Å². The number of benzene rings is 2. The van der Waals surface area contributed by atoms with Crippen LogP contribution in [0.25, 0.3) is 10.8 Å². The van der Waals surface area contributed by atoms with Gasteiger partial charge in [-0.1, -0.05) is 36.4 Å². The monoisotopic (exact) mass is 334 g/mol. The number of amides is 3. The first-order valence-electron chi connectivity index (χ1n) is 8.44. The van der Waals surface area contributed by atoms with Gasteiger partial charge in [-0.25, -0.2) is 14.8 Å². The van der Waals surface area contributed by atoms with Crippen molar-refractivity contribution >= 4 is 28.4 Å². The molecule has 0 spiro atoms. The number of hydrogen-bond acceptors (Lipinski definition) is 3. The highest BCUT2D eigenvalue weighted by molar-refractivity contribution is 6.02. The molecule has 4 rings (SSSR count). The van der Waals surface area contributed by atoms with Crippen molar-refractivity contribution in [3.63, 3.8) is 0 Å². The lowest BCUT2D eigenvalue weighted by atomic mass is 10.1.